The molecule has 38 heavy (non-hydrogen) atoms. The third-order valence-electron chi connectivity index (χ3n) is 8.06. The van der Waals surface area contributed by atoms with Gasteiger partial charge in [-0.1, -0.05) is 48.8 Å². The van der Waals surface area contributed by atoms with Gasteiger partial charge in [0, 0.05) is 5.92 Å². The molecule has 2 aromatic rings. The van der Waals surface area contributed by atoms with E-state index in [0.717, 1.165) is 34.8 Å². The van der Waals surface area contributed by atoms with Crippen molar-refractivity contribution in [1.29, 1.82) is 0 Å². The Morgan fingerprint density at radius 2 is 1.95 bits per heavy atom. The first kappa shape index (κ1) is 26.9. The van der Waals surface area contributed by atoms with Gasteiger partial charge in [-0.3, -0.25) is 14.5 Å². The van der Waals surface area contributed by atoms with Crippen LogP contribution in [0.4, 0.5) is 5.69 Å². The van der Waals surface area contributed by atoms with E-state index in [1.165, 1.54) is 21.6 Å². The minimum absolute atomic E-state index is 0.0299. The Bertz CT molecular complexity index is 1300. The molecule has 7 heteroatoms. The Morgan fingerprint density at radius 1 is 1.18 bits per heavy atom. The molecule has 0 radical (unpaired) electrons. The maximum Gasteiger partial charge on any atom is 0.238 e. The summed E-state index contributed by atoms with van der Waals surface area (Å²) in [6.45, 7) is 4.76. The lowest BCUT2D eigenvalue weighted by atomic mass is 9.68. The number of imide groups is 1. The molecule has 2 fully saturated rings. The number of phenolic OH excluding ortho intramolecular Hbond substituents is 1. The zero-order valence-corrected chi connectivity index (χ0v) is 24.2. The van der Waals surface area contributed by atoms with Gasteiger partial charge in [-0.25, -0.2) is 0 Å². The first-order valence-electron chi connectivity index (χ1n) is 13.3. The number of phenols is 1. The first-order valence-corrected chi connectivity index (χ1v) is 14.4. The monoisotopic (exact) mass is 627 g/mol. The van der Waals surface area contributed by atoms with E-state index in [1.807, 2.05) is 42.5 Å². The van der Waals surface area contributed by atoms with Crippen LogP contribution in [-0.4, -0.2) is 36.7 Å². The molecular formula is C31H34INO5. The molecule has 0 unspecified atom stereocenters. The molecule has 1 N–H and O–H groups in total. The van der Waals surface area contributed by atoms with Crippen LogP contribution in [0.15, 0.2) is 59.2 Å². The third-order valence-corrected chi connectivity index (χ3v) is 8.88. The zero-order chi connectivity index (χ0) is 27.0. The van der Waals surface area contributed by atoms with E-state index in [0.29, 0.717) is 24.5 Å². The van der Waals surface area contributed by atoms with Gasteiger partial charge in [0.25, 0.3) is 0 Å². The summed E-state index contributed by atoms with van der Waals surface area (Å²) in [5.74, 6) is -0.201. The van der Waals surface area contributed by atoms with Crippen molar-refractivity contribution in [1.82, 2.24) is 0 Å². The molecule has 2 heterocycles. The maximum absolute atomic E-state index is 13.6. The normalized spacial score (nSPS) is 25.2. The average Bonchev–Trinajstić information content (AvgIpc) is 3.44. The molecular weight excluding hydrogens is 593 g/mol. The van der Waals surface area contributed by atoms with E-state index in [9.17, 15) is 14.7 Å². The van der Waals surface area contributed by atoms with Crippen molar-refractivity contribution in [3.63, 3.8) is 0 Å². The molecule has 200 valence electrons. The second-order valence-electron chi connectivity index (χ2n) is 10.5. The number of carbonyl (C=O) groups is 2. The standard InChI is InChI=1S/C31H34INO5/c1-4-8-20-16-22-28(31(36)33(30(22)35)21-9-6-5-7-10-21)23-17-38-25(27(20)23)12-11-18(2)13-19-14-24(32)29(34)26(15-19)37-3/h5-7,9-10,13-15,22-23,25,28,34H,4,8,11-12,16-17H2,1-3H3/b18-13+/t22-,23+,25-,28-/m1/s1. The van der Waals surface area contributed by atoms with Crippen molar-refractivity contribution < 1.29 is 24.2 Å². The lowest BCUT2D eigenvalue weighted by Crippen LogP contribution is -2.34. The summed E-state index contributed by atoms with van der Waals surface area (Å²) in [5, 5.41) is 10.1. The Balaban J connectivity index is 1.36. The van der Waals surface area contributed by atoms with Gasteiger partial charge >= 0.3 is 0 Å². The molecule has 2 amide bonds. The highest BCUT2D eigenvalue weighted by atomic mass is 127. The van der Waals surface area contributed by atoms with Crippen LogP contribution in [0.3, 0.4) is 0 Å². The number of allylic oxidation sites excluding steroid dienone is 2. The Labute approximate surface area is 237 Å². The number of hydrogen-bond acceptors (Lipinski definition) is 5. The second-order valence-corrected chi connectivity index (χ2v) is 11.7. The van der Waals surface area contributed by atoms with Crippen LogP contribution >= 0.6 is 22.6 Å². The Hall–Kier alpha value is -2.65. The fraction of sp³-hybridized carbons (Fsp3) is 0.419. The highest BCUT2D eigenvalue weighted by Gasteiger charge is 2.57. The zero-order valence-electron chi connectivity index (χ0n) is 22.1. The van der Waals surface area contributed by atoms with Gasteiger partial charge in [0.05, 0.1) is 40.9 Å². The largest absolute Gasteiger partial charge is 0.504 e. The number of methoxy groups -OCH3 is 1. The average molecular weight is 628 g/mol. The predicted molar refractivity (Wildman–Crippen MR) is 156 cm³/mol. The molecule has 4 atom stereocenters. The highest BCUT2D eigenvalue weighted by molar-refractivity contribution is 14.1. The van der Waals surface area contributed by atoms with Gasteiger partial charge in [-0.05, 0) is 90.6 Å². The van der Waals surface area contributed by atoms with E-state index in [1.54, 1.807) is 7.11 Å². The van der Waals surface area contributed by atoms with Crippen LogP contribution in [0.1, 0.15) is 51.5 Å². The highest BCUT2D eigenvalue weighted by Crippen LogP contribution is 2.51. The van der Waals surface area contributed by atoms with E-state index >= 15 is 0 Å². The van der Waals surface area contributed by atoms with Crippen LogP contribution in [0.5, 0.6) is 11.5 Å². The first-order chi connectivity index (χ1) is 18.3. The second kappa shape index (κ2) is 11.2. The number of halogens is 1. The molecule has 0 spiro atoms. The summed E-state index contributed by atoms with van der Waals surface area (Å²) in [6.07, 6.45) is 6.34. The fourth-order valence-corrected chi connectivity index (χ4v) is 7.02. The lowest BCUT2D eigenvalue weighted by molar-refractivity contribution is -0.122. The number of benzene rings is 2. The summed E-state index contributed by atoms with van der Waals surface area (Å²) in [7, 11) is 1.55. The molecule has 3 aliphatic rings. The number of anilines is 1. The van der Waals surface area contributed by atoms with Crippen molar-refractivity contribution in [3.8, 4) is 11.5 Å². The fourth-order valence-electron chi connectivity index (χ4n) is 6.39. The van der Waals surface area contributed by atoms with Crippen LogP contribution in [0, 0.1) is 21.3 Å². The SMILES string of the molecule is CCCC1=C2[C@@H](CC/C(C)=C/c3cc(I)c(O)c(OC)c3)OC[C@@H]2[C@@H]2C(=O)N(c3ccccc3)C(=O)[C@@H]2C1. The van der Waals surface area contributed by atoms with Gasteiger partial charge in [-0.2, -0.15) is 0 Å². The van der Waals surface area contributed by atoms with Gasteiger partial charge in [0.15, 0.2) is 11.5 Å². The lowest BCUT2D eigenvalue weighted by Gasteiger charge is -2.31. The van der Waals surface area contributed by atoms with Crippen molar-refractivity contribution in [2.75, 3.05) is 18.6 Å². The number of amides is 2. The van der Waals surface area contributed by atoms with E-state index in [4.69, 9.17) is 9.47 Å². The maximum atomic E-state index is 13.6. The quantitative estimate of drug-likeness (QED) is 0.205. The molecule has 0 bridgehead atoms. The Kier molecular flexibility index (Phi) is 7.95. The van der Waals surface area contributed by atoms with Gasteiger partial charge in [0.2, 0.25) is 11.8 Å². The summed E-state index contributed by atoms with van der Waals surface area (Å²) in [4.78, 5) is 28.5. The van der Waals surface area contributed by atoms with E-state index < -0.39 is 0 Å². The summed E-state index contributed by atoms with van der Waals surface area (Å²) < 4.78 is 12.4. The molecule has 0 saturated carbocycles. The molecule has 5 rings (SSSR count). The minimum Gasteiger partial charge on any atom is -0.504 e. The van der Waals surface area contributed by atoms with Crippen molar-refractivity contribution >= 4 is 46.2 Å². The van der Waals surface area contributed by atoms with Gasteiger partial charge in [-0.15, -0.1) is 0 Å². The van der Waals surface area contributed by atoms with Crippen LogP contribution in [0.2, 0.25) is 0 Å². The summed E-state index contributed by atoms with van der Waals surface area (Å²) in [6, 6.07) is 13.1. The van der Waals surface area contributed by atoms with Crippen LogP contribution in [-0.2, 0) is 14.3 Å². The molecule has 2 saturated heterocycles. The van der Waals surface area contributed by atoms with Gasteiger partial charge in [0.1, 0.15) is 0 Å². The molecule has 2 aromatic carbocycles. The molecule has 2 aliphatic heterocycles. The number of fused-ring (bicyclic) bond motifs is 3. The van der Waals surface area contributed by atoms with Crippen LogP contribution < -0.4 is 9.64 Å². The summed E-state index contributed by atoms with van der Waals surface area (Å²) >= 11 is 2.11. The predicted octanol–water partition coefficient (Wildman–Crippen LogP) is 6.51. The van der Waals surface area contributed by atoms with Gasteiger partial charge < -0.3 is 14.6 Å². The van der Waals surface area contributed by atoms with Crippen LogP contribution in [0.25, 0.3) is 6.08 Å². The van der Waals surface area contributed by atoms with Crippen molar-refractivity contribution in [3.05, 3.63) is 68.3 Å². The Morgan fingerprint density at radius 3 is 2.66 bits per heavy atom. The smallest absolute Gasteiger partial charge is 0.238 e. The van der Waals surface area contributed by atoms with E-state index in [2.05, 4.69) is 42.5 Å². The molecule has 1 aliphatic carbocycles. The number of rotatable bonds is 8. The van der Waals surface area contributed by atoms with Crippen molar-refractivity contribution in [2.24, 2.45) is 17.8 Å². The number of carbonyl (C=O) groups excluding carboxylic acids is 2. The molecule has 0 aromatic heterocycles. The van der Waals surface area contributed by atoms with Crippen molar-refractivity contribution in [2.45, 2.75) is 52.1 Å². The number of ether oxygens (including phenoxy) is 2. The number of para-hydroxylation sites is 1. The number of hydrogen-bond donors (Lipinski definition) is 1. The third kappa shape index (κ3) is 4.91. The number of nitrogens with zero attached hydrogens (tertiary/aromatic N) is 1. The minimum atomic E-state index is -0.341. The topological polar surface area (TPSA) is 76.1 Å². The number of aromatic hydroxyl groups is 1. The molecule has 6 nitrogen and oxygen atoms in total. The van der Waals surface area contributed by atoms with E-state index in [-0.39, 0.29) is 41.4 Å². The summed E-state index contributed by atoms with van der Waals surface area (Å²) in [5.41, 5.74) is 5.44.